The lowest BCUT2D eigenvalue weighted by atomic mass is 9.75. The third-order valence-corrected chi connectivity index (χ3v) is 6.89. The van der Waals surface area contributed by atoms with Gasteiger partial charge in [-0.1, -0.05) is 33.1 Å². The smallest absolute Gasteiger partial charge is 0.0758 e. The second kappa shape index (κ2) is 8.30. The molecule has 1 aliphatic carbocycles. The minimum atomic E-state index is 0.515. The number of rotatable bonds is 6. The molecule has 4 heteroatoms. The zero-order chi connectivity index (χ0) is 14.5. The molecule has 0 radical (unpaired) electrons. The zero-order valence-electron chi connectivity index (χ0n) is 12.4. The van der Waals surface area contributed by atoms with Gasteiger partial charge in [-0.3, -0.25) is 0 Å². The highest BCUT2D eigenvalue weighted by Crippen LogP contribution is 2.43. The van der Waals surface area contributed by atoms with Gasteiger partial charge in [0.1, 0.15) is 0 Å². The van der Waals surface area contributed by atoms with Crippen LogP contribution in [-0.4, -0.2) is 6.54 Å². The molecule has 0 saturated heterocycles. The van der Waals surface area contributed by atoms with Crippen molar-refractivity contribution in [2.24, 2.45) is 11.8 Å². The molecule has 1 nitrogen and oxygen atoms in total. The summed E-state index contributed by atoms with van der Waals surface area (Å²) in [6, 6.07) is 2.82. The first-order valence-corrected chi connectivity index (χ1v) is 10.2. The van der Waals surface area contributed by atoms with Crippen molar-refractivity contribution >= 4 is 43.2 Å². The minimum Gasteiger partial charge on any atom is -0.310 e. The van der Waals surface area contributed by atoms with E-state index in [4.69, 9.17) is 0 Å². The molecule has 3 atom stereocenters. The molecule has 0 amide bonds. The van der Waals surface area contributed by atoms with Crippen molar-refractivity contribution in [2.75, 3.05) is 6.54 Å². The van der Waals surface area contributed by atoms with Gasteiger partial charge in [0.15, 0.2) is 0 Å². The number of hydrogen-bond donors (Lipinski definition) is 1. The van der Waals surface area contributed by atoms with Crippen LogP contribution in [0.1, 0.15) is 64.0 Å². The third-order valence-electron chi connectivity index (χ3n) is 4.50. The molecule has 3 unspecified atom stereocenters. The molecule has 0 aromatic carbocycles. The first-order valence-electron chi connectivity index (χ1n) is 7.83. The zero-order valence-corrected chi connectivity index (χ0v) is 16.4. The highest BCUT2D eigenvalue weighted by atomic mass is 79.9. The summed E-state index contributed by atoms with van der Waals surface area (Å²) in [5.41, 5.74) is 1.46. The van der Waals surface area contributed by atoms with Crippen LogP contribution in [0.5, 0.6) is 0 Å². The van der Waals surface area contributed by atoms with E-state index in [9.17, 15) is 0 Å². The van der Waals surface area contributed by atoms with Crippen molar-refractivity contribution in [3.05, 3.63) is 19.2 Å². The van der Waals surface area contributed by atoms with Crippen molar-refractivity contribution in [3.8, 4) is 0 Å². The first kappa shape index (κ1) is 17.0. The Hall–Kier alpha value is 0.620. The van der Waals surface area contributed by atoms with Crippen LogP contribution in [0.4, 0.5) is 0 Å². The Morgan fingerprint density at radius 2 is 2.15 bits per heavy atom. The maximum atomic E-state index is 3.81. The molecule has 1 fully saturated rings. The van der Waals surface area contributed by atoms with Gasteiger partial charge in [0.2, 0.25) is 0 Å². The standard InChI is InChI=1S/C16H25Br2NS/c1-3-8-19-15(13-10-14(17)20-16(13)18)12-7-5-6-11(4-2)9-12/h10-12,15,19H,3-9H2,1-2H3. The van der Waals surface area contributed by atoms with E-state index in [1.807, 2.05) is 0 Å². The van der Waals surface area contributed by atoms with Gasteiger partial charge < -0.3 is 5.32 Å². The fourth-order valence-corrected chi connectivity index (χ4v) is 6.33. The van der Waals surface area contributed by atoms with Gasteiger partial charge in [0, 0.05) is 6.04 Å². The van der Waals surface area contributed by atoms with Crippen LogP contribution in [0.15, 0.2) is 13.6 Å². The van der Waals surface area contributed by atoms with Crippen molar-refractivity contribution in [1.82, 2.24) is 5.32 Å². The van der Waals surface area contributed by atoms with Crippen molar-refractivity contribution < 1.29 is 0 Å². The fraction of sp³-hybridized carbons (Fsp3) is 0.750. The van der Waals surface area contributed by atoms with Crippen LogP contribution >= 0.6 is 43.2 Å². The van der Waals surface area contributed by atoms with E-state index >= 15 is 0 Å². The Morgan fingerprint density at radius 3 is 2.75 bits per heavy atom. The van der Waals surface area contributed by atoms with Crippen LogP contribution in [0.3, 0.4) is 0 Å². The van der Waals surface area contributed by atoms with Crippen LogP contribution in [0.2, 0.25) is 0 Å². The second-order valence-corrected chi connectivity index (χ2v) is 9.66. The maximum Gasteiger partial charge on any atom is 0.0758 e. The molecule has 1 aliphatic rings. The molecule has 0 bridgehead atoms. The van der Waals surface area contributed by atoms with Gasteiger partial charge in [-0.2, -0.15) is 0 Å². The Labute approximate surface area is 144 Å². The van der Waals surface area contributed by atoms with Crippen LogP contribution in [-0.2, 0) is 0 Å². The van der Waals surface area contributed by atoms with E-state index in [1.54, 1.807) is 11.3 Å². The van der Waals surface area contributed by atoms with E-state index in [-0.39, 0.29) is 0 Å². The highest BCUT2D eigenvalue weighted by molar-refractivity contribution is 9.12. The monoisotopic (exact) mass is 421 g/mol. The summed E-state index contributed by atoms with van der Waals surface area (Å²) in [6.07, 6.45) is 8.13. The molecule has 1 aromatic heterocycles. The highest BCUT2D eigenvalue weighted by Gasteiger charge is 2.30. The van der Waals surface area contributed by atoms with Crippen molar-refractivity contribution in [2.45, 2.75) is 58.4 Å². The van der Waals surface area contributed by atoms with Crippen LogP contribution < -0.4 is 5.32 Å². The summed E-state index contributed by atoms with van der Waals surface area (Å²) < 4.78 is 2.52. The van der Waals surface area contributed by atoms with Gasteiger partial charge in [0.05, 0.1) is 7.57 Å². The lowest BCUT2D eigenvalue weighted by Crippen LogP contribution is -2.32. The number of halogens is 2. The Bertz CT molecular complexity index is 419. The lowest BCUT2D eigenvalue weighted by molar-refractivity contribution is 0.209. The maximum absolute atomic E-state index is 3.81. The Kier molecular flexibility index (Phi) is 7.05. The molecule has 0 aliphatic heterocycles. The molecular weight excluding hydrogens is 398 g/mol. The summed E-state index contributed by atoms with van der Waals surface area (Å²) in [5.74, 6) is 1.72. The summed E-state index contributed by atoms with van der Waals surface area (Å²) in [6.45, 7) is 5.70. The molecule has 1 aromatic rings. The Morgan fingerprint density at radius 1 is 1.35 bits per heavy atom. The number of thiophene rings is 1. The van der Waals surface area contributed by atoms with E-state index in [2.05, 4.69) is 57.1 Å². The molecule has 1 heterocycles. The summed E-state index contributed by atoms with van der Waals surface area (Å²) in [4.78, 5) is 0. The largest absolute Gasteiger partial charge is 0.310 e. The molecule has 1 saturated carbocycles. The van der Waals surface area contributed by atoms with E-state index < -0.39 is 0 Å². The molecule has 2 rings (SSSR count). The van der Waals surface area contributed by atoms with E-state index in [1.165, 1.54) is 51.7 Å². The van der Waals surface area contributed by atoms with Gasteiger partial charge in [0.25, 0.3) is 0 Å². The van der Waals surface area contributed by atoms with E-state index in [0.29, 0.717) is 6.04 Å². The van der Waals surface area contributed by atoms with Gasteiger partial charge in [-0.05, 0) is 81.1 Å². The lowest BCUT2D eigenvalue weighted by Gasteiger charge is -2.35. The van der Waals surface area contributed by atoms with Crippen LogP contribution in [0, 0.1) is 11.8 Å². The van der Waals surface area contributed by atoms with E-state index in [0.717, 1.165) is 18.4 Å². The normalized spacial score (nSPS) is 24.8. The van der Waals surface area contributed by atoms with Crippen LogP contribution in [0.25, 0.3) is 0 Å². The third kappa shape index (κ3) is 4.31. The number of hydrogen-bond acceptors (Lipinski definition) is 2. The quantitative estimate of drug-likeness (QED) is 0.549. The molecule has 114 valence electrons. The van der Waals surface area contributed by atoms with Gasteiger partial charge >= 0.3 is 0 Å². The van der Waals surface area contributed by atoms with Crippen molar-refractivity contribution in [3.63, 3.8) is 0 Å². The SMILES string of the molecule is CCCNC(c1cc(Br)sc1Br)C1CCCC(CC)C1. The molecule has 1 N–H and O–H groups in total. The molecule has 20 heavy (non-hydrogen) atoms. The summed E-state index contributed by atoms with van der Waals surface area (Å²) in [5, 5.41) is 3.81. The van der Waals surface area contributed by atoms with Gasteiger partial charge in [-0.25, -0.2) is 0 Å². The first-order chi connectivity index (χ1) is 9.65. The number of nitrogens with one attached hydrogen (secondary N) is 1. The fourth-order valence-electron chi connectivity index (χ4n) is 3.40. The topological polar surface area (TPSA) is 12.0 Å². The predicted octanol–water partition coefficient (Wildman–Crippen LogP) is 6.53. The summed E-state index contributed by atoms with van der Waals surface area (Å²) in [7, 11) is 0. The Balaban J connectivity index is 2.16. The average molecular weight is 423 g/mol. The predicted molar refractivity (Wildman–Crippen MR) is 96.5 cm³/mol. The minimum absolute atomic E-state index is 0.515. The average Bonchev–Trinajstić information content (AvgIpc) is 2.78. The summed E-state index contributed by atoms with van der Waals surface area (Å²) >= 11 is 9.18. The second-order valence-electron chi connectivity index (χ2n) is 5.91. The van der Waals surface area contributed by atoms with Gasteiger partial charge in [-0.15, -0.1) is 11.3 Å². The molecular formula is C16H25Br2NS. The van der Waals surface area contributed by atoms with Crippen molar-refractivity contribution in [1.29, 1.82) is 0 Å². The molecule has 0 spiro atoms.